The van der Waals surface area contributed by atoms with E-state index in [1.807, 2.05) is 6.07 Å². The number of nitriles is 1. The van der Waals surface area contributed by atoms with Crippen LogP contribution < -0.4 is 5.32 Å². The Morgan fingerprint density at radius 1 is 1.31 bits per heavy atom. The molecule has 1 N–H and O–H groups in total. The molecule has 0 aromatic heterocycles. The number of nitrogens with zero attached hydrogens (tertiary/aromatic N) is 1. The van der Waals surface area contributed by atoms with Crippen LogP contribution in [-0.2, 0) is 0 Å². The SMILES string of the molecule is N#CCCNc1c(F)cccc1F. The van der Waals surface area contributed by atoms with Crippen molar-refractivity contribution in [3.05, 3.63) is 29.8 Å². The van der Waals surface area contributed by atoms with Crippen LogP contribution in [0.3, 0.4) is 0 Å². The lowest BCUT2D eigenvalue weighted by molar-refractivity contribution is 0.588. The first-order valence-electron chi connectivity index (χ1n) is 3.80. The standard InChI is InChI=1S/C9H8F2N2/c10-7-3-1-4-8(11)9(7)13-6-2-5-12/h1,3-4,13H,2,6H2. The smallest absolute Gasteiger partial charge is 0.149 e. The second kappa shape index (κ2) is 4.41. The maximum Gasteiger partial charge on any atom is 0.149 e. The van der Waals surface area contributed by atoms with E-state index in [2.05, 4.69) is 5.32 Å². The summed E-state index contributed by atoms with van der Waals surface area (Å²) in [5, 5.41) is 10.7. The zero-order chi connectivity index (χ0) is 9.68. The predicted molar refractivity (Wildman–Crippen MR) is 45.1 cm³/mol. The van der Waals surface area contributed by atoms with Crippen molar-refractivity contribution in [1.29, 1.82) is 5.26 Å². The number of nitrogens with one attached hydrogen (secondary N) is 1. The van der Waals surface area contributed by atoms with Crippen LogP contribution in [0.4, 0.5) is 14.5 Å². The largest absolute Gasteiger partial charge is 0.379 e. The number of halogens is 2. The Kier molecular flexibility index (Phi) is 3.21. The van der Waals surface area contributed by atoms with Crippen LogP contribution in [0, 0.1) is 23.0 Å². The average molecular weight is 182 g/mol. The number of para-hydroxylation sites is 1. The van der Waals surface area contributed by atoms with Crippen molar-refractivity contribution >= 4 is 5.69 Å². The normalized spacial score (nSPS) is 9.31. The molecule has 0 spiro atoms. The summed E-state index contributed by atoms with van der Waals surface area (Å²) in [5.74, 6) is -1.28. The van der Waals surface area contributed by atoms with E-state index in [9.17, 15) is 8.78 Å². The van der Waals surface area contributed by atoms with E-state index in [0.29, 0.717) is 0 Å². The van der Waals surface area contributed by atoms with E-state index < -0.39 is 11.6 Å². The third kappa shape index (κ3) is 2.41. The molecule has 1 aromatic carbocycles. The molecule has 0 atom stereocenters. The maximum absolute atomic E-state index is 12.9. The third-order valence-corrected chi connectivity index (χ3v) is 1.50. The van der Waals surface area contributed by atoms with Crippen molar-refractivity contribution in [2.75, 3.05) is 11.9 Å². The summed E-state index contributed by atoms with van der Waals surface area (Å²) in [6.45, 7) is 0.244. The fourth-order valence-electron chi connectivity index (χ4n) is 0.910. The summed E-state index contributed by atoms with van der Waals surface area (Å²) >= 11 is 0. The molecular formula is C9H8F2N2. The highest BCUT2D eigenvalue weighted by Gasteiger charge is 2.05. The monoisotopic (exact) mass is 182 g/mol. The van der Waals surface area contributed by atoms with E-state index in [-0.39, 0.29) is 18.7 Å². The van der Waals surface area contributed by atoms with Gasteiger partial charge >= 0.3 is 0 Å². The van der Waals surface area contributed by atoms with Crippen LogP contribution in [-0.4, -0.2) is 6.54 Å². The van der Waals surface area contributed by atoms with Crippen LogP contribution in [0.5, 0.6) is 0 Å². The minimum absolute atomic E-state index is 0.169. The molecule has 68 valence electrons. The first-order chi connectivity index (χ1) is 6.25. The van der Waals surface area contributed by atoms with E-state index in [4.69, 9.17) is 5.26 Å². The molecule has 0 aliphatic carbocycles. The number of hydrogen-bond donors (Lipinski definition) is 1. The summed E-state index contributed by atoms with van der Waals surface area (Å²) in [6.07, 6.45) is 0.216. The summed E-state index contributed by atoms with van der Waals surface area (Å²) in [6, 6.07) is 5.49. The lowest BCUT2D eigenvalue weighted by atomic mass is 10.3. The molecule has 1 rings (SSSR count). The summed E-state index contributed by atoms with van der Waals surface area (Å²) in [4.78, 5) is 0. The van der Waals surface area contributed by atoms with Crippen molar-refractivity contribution in [3.8, 4) is 6.07 Å². The van der Waals surface area contributed by atoms with Gasteiger partial charge in [-0.1, -0.05) is 6.07 Å². The van der Waals surface area contributed by atoms with Gasteiger partial charge in [0, 0.05) is 6.54 Å². The number of anilines is 1. The molecule has 0 fully saturated rings. The second-order valence-corrected chi connectivity index (χ2v) is 2.43. The Labute approximate surface area is 74.8 Å². The first-order valence-corrected chi connectivity index (χ1v) is 3.80. The van der Waals surface area contributed by atoms with Gasteiger partial charge in [0.25, 0.3) is 0 Å². The van der Waals surface area contributed by atoms with Gasteiger partial charge in [0.1, 0.15) is 17.3 Å². The molecule has 0 saturated carbocycles. The molecule has 0 bridgehead atoms. The van der Waals surface area contributed by atoms with E-state index >= 15 is 0 Å². The fraction of sp³-hybridized carbons (Fsp3) is 0.222. The number of benzene rings is 1. The zero-order valence-corrected chi connectivity index (χ0v) is 6.85. The molecule has 13 heavy (non-hydrogen) atoms. The Bertz CT molecular complexity index is 311. The summed E-state index contributed by atoms with van der Waals surface area (Å²) in [7, 11) is 0. The van der Waals surface area contributed by atoms with E-state index in [1.165, 1.54) is 6.07 Å². The van der Waals surface area contributed by atoms with Crippen LogP contribution in [0.15, 0.2) is 18.2 Å². The Balaban J connectivity index is 2.71. The molecule has 0 amide bonds. The van der Waals surface area contributed by atoms with Gasteiger partial charge in [-0.05, 0) is 12.1 Å². The summed E-state index contributed by atoms with van der Waals surface area (Å²) < 4.78 is 25.8. The Morgan fingerprint density at radius 3 is 2.46 bits per heavy atom. The van der Waals surface area contributed by atoms with Gasteiger partial charge in [0.2, 0.25) is 0 Å². The second-order valence-electron chi connectivity index (χ2n) is 2.43. The van der Waals surface area contributed by atoms with E-state index in [1.54, 1.807) is 0 Å². The highest BCUT2D eigenvalue weighted by molar-refractivity contribution is 5.45. The van der Waals surface area contributed by atoms with Gasteiger partial charge < -0.3 is 5.32 Å². The minimum Gasteiger partial charge on any atom is -0.379 e. The lowest BCUT2D eigenvalue weighted by Gasteiger charge is -2.05. The highest BCUT2D eigenvalue weighted by Crippen LogP contribution is 2.17. The van der Waals surface area contributed by atoms with Crippen LogP contribution >= 0.6 is 0 Å². The zero-order valence-electron chi connectivity index (χ0n) is 6.85. The van der Waals surface area contributed by atoms with Crippen LogP contribution in [0.25, 0.3) is 0 Å². The number of hydrogen-bond acceptors (Lipinski definition) is 2. The molecule has 2 nitrogen and oxygen atoms in total. The topological polar surface area (TPSA) is 35.8 Å². The predicted octanol–water partition coefficient (Wildman–Crippen LogP) is 2.29. The van der Waals surface area contributed by atoms with Crippen LogP contribution in [0.1, 0.15) is 6.42 Å². The quantitative estimate of drug-likeness (QED) is 0.728. The first kappa shape index (κ1) is 9.46. The Hall–Kier alpha value is -1.63. The molecule has 0 radical (unpaired) electrons. The Morgan fingerprint density at radius 2 is 1.92 bits per heavy atom. The molecule has 0 heterocycles. The van der Waals surface area contributed by atoms with Gasteiger partial charge in [-0.25, -0.2) is 8.78 Å². The molecule has 4 heteroatoms. The van der Waals surface area contributed by atoms with Gasteiger partial charge in [0.15, 0.2) is 0 Å². The minimum atomic E-state index is -0.641. The molecular weight excluding hydrogens is 174 g/mol. The van der Waals surface area contributed by atoms with Crippen LogP contribution in [0.2, 0.25) is 0 Å². The molecule has 0 saturated heterocycles. The van der Waals surface area contributed by atoms with Gasteiger partial charge in [-0.2, -0.15) is 5.26 Å². The van der Waals surface area contributed by atoms with Gasteiger partial charge in [-0.3, -0.25) is 0 Å². The van der Waals surface area contributed by atoms with Crippen molar-refractivity contribution < 1.29 is 8.78 Å². The van der Waals surface area contributed by atoms with Gasteiger partial charge in [0.05, 0.1) is 12.5 Å². The fourth-order valence-corrected chi connectivity index (χ4v) is 0.910. The van der Waals surface area contributed by atoms with Gasteiger partial charge in [-0.15, -0.1) is 0 Å². The number of rotatable bonds is 3. The molecule has 0 aliphatic heterocycles. The maximum atomic E-state index is 12.9. The molecule has 0 aliphatic rings. The highest BCUT2D eigenvalue weighted by atomic mass is 19.1. The lowest BCUT2D eigenvalue weighted by Crippen LogP contribution is -2.04. The van der Waals surface area contributed by atoms with Crippen molar-refractivity contribution in [3.63, 3.8) is 0 Å². The van der Waals surface area contributed by atoms with Crippen molar-refractivity contribution in [2.24, 2.45) is 0 Å². The van der Waals surface area contributed by atoms with Crippen molar-refractivity contribution in [2.45, 2.75) is 6.42 Å². The summed E-state index contributed by atoms with van der Waals surface area (Å²) in [5.41, 5.74) is -0.169. The molecule has 0 unspecified atom stereocenters. The molecule has 1 aromatic rings. The third-order valence-electron chi connectivity index (χ3n) is 1.50. The average Bonchev–Trinajstić information content (AvgIpc) is 2.10. The van der Waals surface area contributed by atoms with Crippen molar-refractivity contribution in [1.82, 2.24) is 0 Å². The van der Waals surface area contributed by atoms with E-state index in [0.717, 1.165) is 12.1 Å².